The van der Waals surface area contributed by atoms with Crippen LogP contribution >= 0.6 is 0 Å². The number of hydrogen-bond donors (Lipinski definition) is 0. The summed E-state index contributed by atoms with van der Waals surface area (Å²) in [5, 5.41) is 0. The summed E-state index contributed by atoms with van der Waals surface area (Å²) < 4.78 is 17.1. The molecule has 0 rings (SSSR count). The minimum atomic E-state index is -0.535. The van der Waals surface area contributed by atoms with Crippen LogP contribution in [0.1, 0.15) is 201 Å². The van der Waals surface area contributed by atoms with Gasteiger partial charge in [-0.25, -0.2) is 0 Å². The Morgan fingerprint density at radius 3 is 1.50 bits per heavy atom. The number of carbonyl (C=O) groups excluding carboxylic acids is 2. The summed E-state index contributed by atoms with van der Waals surface area (Å²) in [6.45, 7) is 7.65. The fraction of sp³-hybridized carbons (Fsp3) is 0.814. The summed E-state index contributed by atoms with van der Waals surface area (Å²) in [6.07, 6.45) is 44.4. The molecule has 0 aromatic carbocycles. The van der Waals surface area contributed by atoms with Crippen molar-refractivity contribution in [2.24, 2.45) is 0 Å². The van der Waals surface area contributed by atoms with Crippen molar-refractivity contribution >= 4 is 11.9 Å². The smallest absolute Gasteiger partial charge is 0.306 e. The maximum Gasteiger partial charge on any atom is 0.306 e. The third-order valence-corrected chi connectivity index (χ3v) is 8.63. The van der Waals surface area contributed by atoms with E-state index in [1.54, 1.807) is 0 Å². The average Bonchev–Trinajstić information content (AvgIpc) is 3.08. The van der Waals surface area contributed by atoms with E-state index in [-0.39, 0.29) is 25.2 Å². The van der Waals surface area contributed by atoms with Crippen LogP contribution in [0.25, 0.3) is 0 Å². The molecule has 0 spiro atoms. The van der Waals surface area contributed by atoms with Gasteiger partial charge in [-0.05, 0) is 70.6 Å². The van der Waals surface area contributed by atoms with Gasteiger partial charge in [-0.1, -0.05) is 154 Å². The van der Waals surface area contributed by atoms with Crippen LogP contribution in [0, 0.1) is 0 Å². The molecule has 5 heteroatoms. The first-order chi connectivity index (χ1) is 23.6. The van der Waals surface area contributed by atoms with Crippen molar-refractivity contribution in [3.63, 3.8) is 0 Å². The zero-order valence-corrected chi connectivity index (χ0v) is 32.0. The second kappa shape index (κ2) is 39.6. The van der Waals surface area contributed by atoms with Crippen LogP contribution in [-0.4, -0.2) is 37.9 Å². The number of ether oxygens (including phenoxy) is 3. The van der Waals surface area contributed by atoms with Crippen molar-refractivity contribution in [3.8, 4) is 0 Å². The zero-order chi connectivity index (χ0) is 35.0. The van der Waals surface area contributed by atoms with Gasteiger partial charge in [-0.3, -0.25) is 9.59 Å². The van der Waals surface area contributed by atoms with Crippen molar-refractivity contribution in [2.75, 3.05) is 19.8 Å². The Morgan fingerprint density at radius 1 is 0.458 bits per heavy atom. The molecule has 0 bridgehead atoms. The first kappa shape index (κ1) is 46.1. The van der Waals surface area contributed by atoms with Gasteiger partial charge in [0.15, 0.2) is 6.10 Å². The van der Waals surface area contributed by atoms with Crippen LogP contribution < -0.4 is 0 Å². The van der Waals surface area contributed by atoms with Crippen LogP contribution in [0.3, 0.4) is 0 Å². The maximum atomic E-state index is 12.5. The molecule has 0 radical (unpaired) electrons. The van der Waals surface area contributed by atoms with Gasteiger partial charge in [0.2, 0.25) is 0 Å². The van der Waals surface area contributed by atoms with Crippen LogP contribution in [0.2, 0.25) is 0 Å². The molecule has 0 amide bonds. The molecule has 0 aromatic heterocycles. The first-order valence-electron chi connectivity index (χ1n) is 20.5. The number of esters is 2. The summed E-state index contributed by atoms with van der Waals surface area (Å²) in [7, 11) is 0. The summed E-state index contributed by atoms with van der Waals surface area (Å²) in [5.74, 6) is -0.428. The third kappa shape index (κ3) is 36.9. The summed E-state index contributed by atoms with van der Waals surface area (Å²) in [5.41, 5.74) is 0. The predicted octanol–water partition coefficient (Wildman–Crippen LogP) is 13.1. The molecule has 0 N–H and O–H groups in total. The van der Waals surface area contributed by atoms with Gasteiger partial charge in [0.25, 0.3) is 0 Å². The van der Waals surface area contributed by atoms with Crippen molar-refractivity contribution in [1.82, 2.24) is 0 Å². The Hall–Kier alpha value is -1.88. The van der Waals surface area contributed by atoms with E-state index in [0.29, 0.717) is 19.4 Å². The van der Waals surface area contributed by atoms with E-state index in [1.807, 2.05) is 0 Å². The van der Waals surface area contributed by atoms with E-state index < -0.39 is 6.10 Å². The van der Waals surface area contributed by atoms with Crippen molar-refractivity contribution in [3.05, 3.63) is 36.5 Å². The molecule has 0 aromatic rings. The van der Waals surface area contributed by atoms with E-state index in [1.165, 1.54) is 103 Å². The van der Waals surface area contributed by atoms with E-state index >= 15 is 0 Å². The molecule has 0 heterocycles. The quantitative estimate of drug-likeness (QED) is 0.0373. The molecule has 48 heavy (non-hydrogen) atoms. The van der Waals surface area contributed by atoms with E-state index in [4.69, 9.17) is 14.2 Å². The molecule has 0 aliphatic heterocycles. The molecule has 0 aliphatic rings. The Kier molecular flexibility index (Phi) is 38.0. The van der Waals surface area contributed by atoms with Crippen molar-refractivity contribution < 1.29 is 23.8 Å². The van der Waals surface area contributed by atoms with Gasteiger partial charge in [0.05, 0.1) is 6.61 Å². The molecule has 0 saturated carbocycles. The summed E-state index contributed by atoms with van der Waals surface area (Å²) >= 11 is 0. The average molecular weight is 675 g/mol. The number of rotatable bonds is 37. The van der Waals surface area contributed by atoms with Crippen LogP contribution in [0.5, 0.6) is 0 Å². The topological polar surface area (TPSA) is 61.8 Å². The summed E-state index contributed by atoms with van der Waals surface area (Å²) in [6, 6.07) is 0. The number of unbranched alkanes of at least 4 members (excludes halogenated alkanes) is 20. The predicted molar refractivity (Wildman–Crippen MR) is 205 cm³/mol. The molecular weight excluding hydrogens is 596 g/mol. The molecule has 5 nitrogen and oxygen atoms in total. The van der Waals surface area contributed by atoms with Crippen LogP contribution in [0.15, 0.2) is 36.5 Å². The lowest BCUT2D eigenvalue weighted by Gasteiger charge is -2.18. The highest BCUT2D eigenvalue weighted by molar-refractivity contribution is 5.70. The lowest BCUT2D eigenvalue weighted by Crippen LogP contribution is -2.30. The van der Waals surface area contributed by atoms with Crippen LogP contribution in [0.4, 0.5) is 0 Å². The zero-order valence-electron chi connectivity index (χ0n) is 32.0. The SMILES string of the molecule is CCC/C=C\C/C=C\CCCCCCCC(=O)OCC(COCCCCCCCC/C=C\CCCCCC)OC(=O)CCCCCCC. The molecule has 1 atom stereocenters. The highest BCUT2D eigenvalue weighted by Gasteiger charge is 2.17. The van der Waals surface area contributed by atoms with E-state index in [9.17, 15) is 9.59 Å². The second-order valence-corrected chi connectivity index (χ2v) is 13.5. The van der Waals surface area contributed by atoms with Gasteiger partial charge in [-0.15, -0.1) is 0 Å². The Morgan fingerprint density at radius 2 is 0.917 bits per heavy atom. The van der Waals surface area contributed by atoms with Gasteiger partial charge < -0.3 is 14.2 Å². The minimum absolute atomic E-state index is 0.0769. The maximum absolute atomic E-state index is 12.5. The molecule has 1 unspecified atom stereocenters. The normalized spacial score (nSPS) is 12.5. The molecule has 0 aliphatic carbocycles. The van der Waals surface area contributed by atoms with Gasteiger partial charge in [-0.2, -0.15) is 0 Å². The fourth-order valence-corrected chi connectivity index (χ4v) is 5.54. The summed E-state index contributed by atoms with van der Waals surface area (Å²) in [4.78, 5) is 24.9. The Balaban J connectivity index is 4.12. The highest BCUT2D eigenvalue weighted by atomic mass is 16.6. The Labute approximate surface area is 298 Å². The lowest BCUT2D eigenvalue weighted by atomic mass is 10.1. The second-order valence-electron chi connectivity index (χ2n) is 13.5. The monoisotopic (exact) mass is 675 g/mol. The fourth-order valence-electron chi connectivity index (χ4n) is 5.54. The van der Waals surface area contributed by atoms with Gasteiger partial charge in [0, 0.05) is 19.4 Å². The standard InChI is InChI=1S/C43H78O5/c1-4-7-10-13-15-17-19-21-23-25-27-29-32-35-38-46-39-41(48-43(45)37-34-30-12-9-6-3)40-47-42(44)36-33-31-28-26-24-22-20-18-16-14-11-8-5-2/h11,14,17-20,41H,4-10,12-13,15-16,21-40H2,1-3H3/b14-11-,19-17-,20-18-. The lowest BCUT2D eigenvalue weighted by molar-refractivity contribution is -0.163. The van der Waals surface area contributed by atoms with Crippen molar-refractivity contribution in [2.45, 2.75) is 207 Å². The van der Waals surface area contributed by atoms with Crippen LogP contribution in [-0.2, 0) is 23.8 Å². The number of hydrogen-bond acceptors (Lipinski definition) is 5. The minimum Gasteiger partial charge on any atom is -0.462 e. The highest BCUT2D eigenvalue weighted by Crippen LogP contribution is 2.12. The van der Waals surface area contributed by atoms with E-state index in [0.717, 1.165) is 64.2 Å². The van der Waals surface area contributed by atoms with Gasteiger partial charge in [0.1, 0.15) is 6.61 Å². The Bertz CT molecular complexity index is 771. The molecule has 280 valence electrons. The largest absolute Gasteiger partial charge is 0.462 e. The van der Waals surface area contributed by atoms with Gasteiger partial charge >= 0.3 is 11.9 Å². The molecule has 0 fully saturated rings. The number of allylic oxidation sites excluding steroid dienone is 6. The molecule has 0 saturated heterocycles. The third-order valence-electron chi connectivity index (χ3n) is 8.63. The first-order valence-corrected chi connectivity index (χ1v) is 20.5. The number of carbonyl (C=O) groups is 2. The van der Waals surface area contributed by atoms with E-state index in [2.05, 4.69) is 57.2 Å². The van der Waals surface area contributed by atoms with Crippen molar-refractivity contribution in [1.29, 1.82) is 0 Å². The molecular formula is C43H78O5.